The van der Waals surface area contributed by atoms with E-state index in [4.69, 9.17) is 4.42 Å². The van der Waals surface area contributed by atoms with Crippen molar-refractivity contribution >= 4 is 23.2 Å². The minimum atomic E-state index is -2.83. The summed E-state index contributed by atoms with van der Waals surface area (Å²) in [5.41, 5.74) is 0. The van der Waals surface area contributed by atoms with Gasteiger partial charge in [-0.25, -0.2) is 14.8 Å². The molecule has 3 heterocycles. The molecular weight excluding hydrogens is 366 g/mol. The number of hydrogen-bond donors (Lipinski definition) is 0. The number of aromatic nitrogens is 4. The Hall–Kier alpha value is -2.95. The van der Waals surface area contributed by atoms with Crippen LogP contribution in [0.5, 0.6) is 0 Å². The molecule has 3 rings (SSSR count). The molecule has 136 valence electrons. The van der Waals surface area contributed by atoms with E-state index in [1.54, 1.807) is 38.5 Å². The van der Waals surface area contributed by atoms with Crippen LogP contribution in [-0.2, 0) is 6.54 Å². The molecular formula is C15H14F2N6O2S. The lowest BCUT2D eigenvalue weighted by Crippen LogP contribution is -2.39. The van der Waals surface area contributed by atoms with Crippen LogP contribution in [0.1, 0.15) is 17.3 Å². The summed E-state index contributed by atoms with van der Waals surface area (Å²) in [5, 5.41) is 7.45. The summed E-state index contributed by atoms with van der Waals surface area (Å²) in [6, 6.07) is 4.97. The van der Waals surface area contributed by atoms with E-state index in [1.807, 2.05) is 0 Å². The highest BCUT2D eigenvalue weighted by Gasteiger charge is 2.22. The van der Waals surface area contributed by atoms with E-state index in [0.29, 0.717) is 15.7 Å². The Bertz CT molecular complexity index is 883. The Kier molecular flexibility index (Phi) is 5.16. The molecule has 0 bridgehead atoms. The van der Waals surface area contributed by atoms with E-state index < -0.39 is 12.3 Å². The van der Waals surface area contributed by atoms with Gasteiger partial charge in [-0.1, -0.05) is 6.07 Å². The van der Waals surface area contributed by atoms with Gasteiger partial charge in [0.25, 0.3) is 11.8 Å². The van der Waals surface area contributed by atoms with Crippen LogP contribution >= 0.6 is 11.3 Å². The molecule has 3 aromatic rings. The number of thiazole rings is 1. The molecule has 8 nitrogen and oxygen atoms in total. The van der Waals surface area contributed by atoms with Crippen molar-refractivity contribution < 1.29 is 18.0 Å². The van der Waals surface area contributed by atoms with E-state index in [0.717, 1.165) is 0 Å². The molecule has 0 saturated heterocycles. The van der Waals surface area contributed by atoms with E-state index in [1.165, 1.54) is 27.3 Å². The average Bonchev–Trinajstić information content (AvgIpc) is 3.29. The normalized spacial score (nSPS) is 11.0. The largest absolute Gasteiger partial charge is 0.414 e. The number of hydrogen-bond acceptors (Lipinski definition) is 7. The maximum Gasteiger partial charge on any atom is 0.325 e. The summed E-state index contributed by atoms with van der Waals surface area (Å²) < 4.78 is 30.0. The molecule has 0 aromatic carbocycles. The zero-order valence-corrected chi connectivity index (χ0v) is 14.7. The van der Waals surface area contributed by atoms with Crippen molar-refractivity contribution in [3.8, 4) is 10.8 Å². The number of halogens is 2. The summed E-state index contributed by atoms with van der Waals surface area (Å²) in [6.45, 7) is 0.161. The highest BCUT2D eigenvalue weighted by Crippen LogP contribution is 2.28. The smallest absolute Gasteiger partial charge is 0.325 e. The molecule has 0 aliphatic rings. The van der Waals surface area contributed by atoms with Crippen LogP contribution in [0, 0.1) is 0 Å². The zero-order valence-electron chi connectivity index (χ0n) is 13.8. The second-order valence-corrected chi connectivity index (χ2v) is 6.43. The summed E-state index contributed by atoms with van der Waals surface area (Å²) in [7, 11) is 3.27. The van der Waals surface area contributed by atoms with Gasteiger partial charge in [0.05, 0.1) is 12.7 Å². The van der Waals surface area contributed by atoms with Crippen LogP contribution in [-0.4, -0.2) is 45.2 Å². The van der Waals surface area contributed by atoms with Crippen LogP contribution in [0.2, 0.25) is 0 Å². The zero-order chi connectivity index (χ0) is 18.7. The van der Waals surface area contributed by atoms with Gasteiger partial charge in [-0.3, -0.25) is 4.90 Å². The molecule has 0 aliphatic heterocycles. The van der Waals surface area contributed by atoms with Crippen molar-refractivity contribution in [3.05, 3.63) is 41.5 Å². The molecule has 11 heteroatoms. The maximum absolute atomic E-state index is 12.6. The third kappa shape index (κ3) is 3.82. The lowest BCUT2D eigenvalue weighted by Gasteiger charge is -2.24. The van der Waals surface area contributed by atoms with Crippen LogP contribution < -0.4 is 4.90 Å². The van der Waals surface area contributed by atoms with Crippen LogP contribution in [0.4, 0.5) is 19.4 Å². The molecule has 0 N–H and O–H groups in total. The minimum absolute atomic E-state index is 0.0348. The van der Waals surface area contributed by atoms with Gasteiger partial charge in [0.15, 0.2) is 0 Å². The number of rotatable bonds is 5. The average molecular weight is 380 g/mol. The second-order valence-electron chi connectivity index (χ2n) is 5.32. The van der Waals surface area contributed by atoms with Gasteiger partial charge in [0, 0.05) is 20.3 Å². The number of anilines is 1. The first-order valence-corrected chi connectivity index (χ1v) is 8.24. The van der Waals surface area contributed by atoms with Gasteiger partial charge in [0.2, 0.25) is 0 Å². The highest BCUT2D eigenvalue weighted by atomic mass is 32.1. The number of nitrogens with zero attached hydrogens (tertiary/aromatic N) is 6. The maximum atomic E-state index is 12.6. The van der Waals surface area contributed by atoms with E-state index in [2.05, 4.69) is 20.2 Å². The molecule has 26 heavy (non-hydrogen) atoms. The molecule has 0 spiro atoms. The SMILES string of the molecule is CN(C)C(=O)N(Cc1ncc(-c2nnc(C(F)F)o2)s1)c1ccccn1. The fraction of sp³-hybridized carbons (Fsp3) is 0.267. The fourth-order valence-corrected chi connectivity index (χ4v) is 2.87. The van der Waals surface area contributed by atoms with Crippen molar-refractivity contribution in [2.45, 2.75) is 13.0 Å². The number of carbonyl (C=O) groups is 1. The van der Waals surface area contributed by atoms with Gasteiger partial charge in [-0.15, -0.1) is 21.5 Å². The number of pyridine rings is 1. The first-order valence-electron chi connectivity index (χ1n) is 7.42. The molecule has 2 amide bonds. The van der Waals surface area contributed by atoms with E-state index in [9.17, 15) is 13.6 Å². The van der Waals surface area contributed by atoms with Gasteiger partial charge in [-0.2, -0.15) is 8.78 Å². The first kappa shape index (κ1) is 17.9. The van der Waals surface area contributed by atoms with E-state index in [-0.39, 0.29) is 18.5 Å². The molecule has 0 radical (unpaired) electrons. The number of alkyl halides is 2. The summed E-state index contributed by atoms with van der Waals surface area (Å²) in [6.07, 6.45) is 0.198. The third-order valence-corrected chi connectivity index (χ3v) is 4.19. The lowest BCUT2D eigenvalue weighted by molar-refractivity contribution is 0.116. The van der Waals surface area contributed by atoms with Gasteiger partial charge >= 0.3 is 12.5 Å². The summed E-state index contributed by atoms with van der Waals surface area (Å²) in [5.74, 6) is -0.305. The Morgan fingerprint density at radius 1 is 1.27 bits per heavy atom. The molecule has 0 unspecified atom stereocenters. The van der Waals surface area contributed by atoms with Gasteiger partial charge in [-0.05, 0) is 12.1 Å². The van der Waals surface area contributed by atoms with Crippen molar-refractivity contribution in [2.75, 3.05) is 19.0 Å². The van der Waals surface area contributed by atoms with Crippen molar-refractivity contribution in [1.82, 2.24) is 25.1 Å². The second kappa shape index (κ2) is 7.52. The van der Waals surface area contributed by atoms with Crippen LogP contribution in [0.3, 0.4) is 0 Å². The van der Waals surface area contributed by atoms with Gasteiger partial charge < -0.3 is 9.32 Å². The van der Waals surface area contributed by atoms with Crippen molar-refractivity contribution in [1.29, 1.82) is 0 Å². The quantitative estimate of drug-likeness (QED) is 0.675. The van der Waals surface area contributed by atoms with Crippen molar-refractivity contribution in [2.24, 2.45) is 0 Å². The molecule has 0 atom stereocenters. The Labute approximate surface area is 151 Å². The lowest BCUT2D eigenvalue weighted by atomic mass is 10.4. The van der Waals surface area contributed by atoms with Gasteiger partial charge in [0.1, 0.15) is 15.7 Å². The van der Waals surface area contributed by atoms with E-state index >= 15 is 0 Å². The Morgan fingerprint density at radius 2 is 2.08 bits per heavy atom. The Morgan fingerprint density at radius 3 is 2.69 bits per heavy atom. The topological polar surface area (TPSA) is 88.3 Å². The molecule has 0 saturated carbocycles. The van der Waals surface area contributed by atoms with Crippen LogP contribution in [0.25, 0.3) is 10.8 Å². The minimum Gasteiger partial charge on any atom is -0.414 e. The summed E-state index contributed by atoms with van der Waals surface area (Å²) in [4.78, 5) is 24.2. The highest BCUT2D eigenvalue weighted by molar-refractivity contribution is 7.15. The number of amides is 2. The van der Waals surface area contributed by atoms with Crippen LogP contribution in [0.15, 0.2) is 35.0 Å². The fourth-order valence-electron chi connectivity index (χ4n) is 2.04. The standard InChI is InChI=1S/C15H14F2N6O2S/c1-22(2)15(24)23(10-5-3-4-6-18-10)8-11-19-7-9(26-11)13-20-21-14(25-13)12(16)17/h3-7,12H,8H2,1-2H3. The Balaban J connectivity index is 1.83. The first-order chi connectivity index (χ1) is 12.5. The number of urea groups is 1. The monoisotopic (exact) mass is 380 g/mol. The molecule has 0 fully saturated rings. The third-order valence-electron chi connectivity index (χ3n) is 3.22. The predicted octanol–water partition coefficient (Wildman–Crippen LogP) is 3.21. The molecule has 0 aliphatic carbocycles. The predicted molar refractivity (Wildman–Crippen MR) is 89.9 cm³/mol. The number of carbonyl (C=O) groups excluding carboxylic acids is 1. The molecule has 3 aromatic heterocycles. The summed E-state index contributed by atoms with van der Waals surface area (Å²) >= 11 is 1.17. The van der Waals surface area contributed by atoms with Crippen molar-refractivity contribution in [3.63, 3.8) is 0 Å².